The van der Waals surface area contributed by atoms with Gasteiger partial charge in [-0.05, 0) is 36.5 Å². The van der Waals surface area contributed by atoms with Crippen LogP contribution in [0.3, 0.4) is 0 Å². The molecule has 4 nitrogen and oxygen atoms in total. The molecule has 1 aromatic carbocycles. The summed E-state index contributed by atoms with van der Waals surface area (Å²) in [5.74, 6) is 0.778. The van der Waals surface area contributed by atoms with E-state index in [4.69, 9.17) is 9.47 Å². The number of methoxy groups -OCH3 is 1. The van der Waals surface area contributed by atoms with Crippen molar-refractivity contribution in [2.75, 3.05) is 19.0 Å². The highest BCUT2D eigenvalue weighted by atomic mass is 16.5. The van der Waals surface area contributed by atoms with Crippen molar-refractivity contribution in [3.8, 4) is 5.75 Å². The van der Waals surface area contributed by atoms with Crippen LogP contribution in [0.4, 0.5) is 5.69 Å². The van der Waals surface area contributed by atoms with E-state index in [0.717, 1.165) is 29.8 Å². The monoisotopic (exact) mass is 277 g/mol. The minimum absolute atomic E-state index is 0.0457. The van der Waals surface area contributed by atoms with Crippen LogP contribution in [-0.2, 0) is 14.9 Å². The van der Waals surface area contributed by atoms with Crippen LogP contribution in [0.5, 0.6) is 5.75 Å². The number of carbonyl (C=O) groups excluding carboxylic acids is 1. The molecule has 0 radical (unpaired) electrons. The number of ether oxygens (including phenoxy) is 2. The maximum Gasteiger partial charge on any atom is 0.253 e. The molecule has 1 heterocycles. The highest BCUT2D eigenvalue weighted by Gasteiger charge is 2.24. The van der Waals surface area contributed by atoms with Gasteiger partial charge in [-0.15, -0.1) is 0 Å². The van der Waals surface area contributed by atoms with Crippen LogP contribution in [-0.4, -0.2) is 25.7 Å². The van der Waals surface area contributed by atoms with E-state index in [0.29, 0.717) is 6.61 Å². The second kappa shape index (κ2) is 5.83. The van der Waals surface area contributed by atoms with Crippen molar-refractivity contribution in [2.24, 2.45) is 0 Å². The van der Waals surface area contributed by atoms with Crippen LogP contribution in [0.2, 0.25) is 0 Å². The van der Waals surface area contributed by atoms with E-state index >= 15 is 0 Å². The van der Waals surface area contributed by atoms with Gasteiger partial charge in [-0.3, -0.25) is 4.79 Å². The molecule has 1 fully saturated rings. The summed E-state index contributed by atoms with van der Waals surface area (Å²) >= 11 is 0. The standard InChI is InChI=1S/C16H23NO3/c1-16(2,3)12-10-11(7-8-13(12)19-4)17-15(18)14-6-5-9-20-14/h7-8,10,14H,5-6,9H2,1-4H3,(H,17,18). The number of hydrogen-bond acceptors (Lipinski definition) is 3. The molecule has 0 aromatic heterocycles. The van der Waals surface area contributed by atoms with Crippen LogP contribution < -0.4 is 10.1 Å². The minimum Gasteiger partial charge on any atom is -0.496 e. The molecule has 1 atom stereocenters. The lowest BCUT2D eigenvalue weighted by atomic mass is 9.86. The number of benzene rings is 1. The van der Waals surface area contributed by atoms with Crippen LogP contribution >= 0.6 is 0 Å². The summed E-state index contributed by atoms with van der Waals surface area (Å²) in [6.07, 6.45) is 1.44. The predicted molar refractivity (Wildman–Crippen MR) is 79.3 cm³/mol. The molecule has 2 rings (SSSR count). The topological polar surface area (TPSA) is 47.6 Å². The van der Waals surface area contributed by atoms with Gasteiger partial charge in [0.25, 0.3) is 5.91 Å². The summed E-state index contributed by atoms with van der Waals surface area (Å²) in [6, 6.07) is 5.73. The van der Waals surface area contributed by atoms with E-state index < -0.39 is 0 Å². The predicted octanol–water partition coefficient (Wildman–Crippen LogP) is 3.11. The lowest BCUT2D eigenvalue weighted by Crippen LogP contribution is -2.27. The number of hydrogen-bond donors (Lipinski definition) is 1. The highest BCUT2D eigenvalue weighted by Crippen LogP contribution is 2.33. The van der Waals surface area contributed by atoms with Crippen LogP contribution in [0.25, 0.3) is 0 Å². The van der Waals surface area contributed by atoms with E-state index in [9.17, 15) is 4.79 Å². The molecule has 1 saturated heterocycles. The Balaban J connectivity index is 2.18. The molecule has 1 unspecified atom stereocenters. The fourth-order valence-corrected chi connectivity index (χ4v) is 2.38. The summed E-state index contributed by atoms with van der Waals surface area (Å²) in [5.41, 5.74) is 1.82. The molecule has 0 saturated carbocycles. The average molecular weight is 277 g/mol. The second-order valence-electron chi connectivity index (χ2n) is 6.16. The van der Waals surface area contributed by atoms with Gasteiger partial charge in [0, 0.05) is 17.9 Å². The van der Waals surface area contributed by atoms with Crippen molar-refractivity contribution in [1.82, 2.24) is 0 Å². The van der Waals surface area contributed by atoms with E-state index in [1.807, 2.05) is 18.2 Å². The van der Waals surface area contributed by atoms with E-state index in [1.165, 1.54) is 0 Å². The molecule has 1 amide bonds. The molecule has 0 spiro atoms. The van der Waals surface area contributed by atoms with Crippen molar-refractivity contribution >= 4 is 11.6 Å². The Morgan fingerprint density at radius 1 is 1.40 bits per heavy atom. The van der Waals surface area contributed by atoms with Crippen LogP contribution in [0, 0.1) is 0 Å². The zero-order valence-corrected chi connectivity index (χ0v) is 12.7. The number of rotatable bonds is 3. The first-order valence-electron chi connectivity index (χ1n) is 7.03. The average Bonchev–Trinajstić information content (AvgIpc) is 2.91. The fraction of sp³-hybridized carbons (Fsp3) is 0.562. The molecule has 1 aliphatic heterocycles. The number of amides is 1. The largest absolute Gasteiger partial charge is 0.496 e. The molecule has 1 N–H and O–H groups in total. The molecule has 20 heavy (non-hydrogen) atoms. The van der Waals surface area contributed by atoms with Gasteiger partial charge in [0.1, 0.15) is 11.9 Å². The fourth-order valence-electron chi connectivity index (χ4n) is 2.38. The van der Waals surface area contributed by atoms with Gasteiger partial charge in [-0.25, -0.2) is 0 Å². The van der Waals surface area contributed by atoms with Gasteiger partial charge in [-0.2, -0.15) is 0 Å². The smallest absolute Gasteiger partial charge is 0.253 e. The first-order chi connectivity index (χ1) is 9.41. The molecule has 110 valence electrons. The lowest BCUT2D eigenvalue weighted by Gasteiger charge is -2.23. The Morgan fingerprint density at radius 3 is 2.70 bits per heavy atom. The Labute approximate surface area is 120 Å². The van der Waals surface area contributed by atoms with E-state index in [1.54, 1.807) is 7.11 Å². The first kappa shape index (κ1) is 14.9. The SMILES string of the molecule is COc1ccc(NC(=O)C2CCCO2)cc1C(C)(C)C. The Hall–Kier alpha value is -1.55. The summed E-state index contributed by atoms with van der Waals surface area (Å²) in [7, 11) is 1.66. The second-order valence-corrected chi connectivity index (χ2v) is 6.16. The molecule has 4 heteroatoms. The molecule has 1 aromatic rings. The summed E-state index contributed by atoms with van der Waals surface area (Å²) in [5, 5.41) is 2.93. The third-order valence-electron chi connectivity index (χ3n) is 3.50. The maximum absolute atomic E-state index is 12.1. The number of anilines is 1. The minimum atomic E-state index is -0.310. The third kappa shape index (κ3) is 3.31. The summed E-state index contributed by atoms with van der Waals surface area (Å²) in [4.78, 5) is 12.1. The van der Waals surface area contributed by atoms with Crippen molar-refractivity contribution < 1.29 is 14.3 Å². The highest BCUT2D eigenvalue weighted by molar-refractivity contribution is 5.94. The van der Waals surface area contributed by atoms with Crippen LogP contribution in [0.1, 0.15) is 39.2 Å². The van der Waals surface area contributed by atoms with Crippen molar-refractivity contribution in [2.45, 2.75) is 45.1 Å². The zero-order valence-electron chi connectivity index (χ0n) is 12.7. The van der Waals surface area contributed by atoms with Gasteiger partial charge in [0.2, 0.25) is 0 Å². The van der Waals surface area contributed by atoms with E-state index in [2.05, 4.69) is 26.1 Å². The first-order valence-corrected chi connectivity index (χ1v) is 7.03. The van der Waals surface area contributed by atoms with Crippen molar-refractivity contribution in [3.63, 3.8) is 0 Å². The van der Waals surface area contributed by atoms with Crippen molar-refractivity contribution in [3.05, 3.63) is 23.8 Å². The third-order valence-corrected chi connectivity index (χ3v) is 3.50. The Morgan fingerprint density at radius 2 is 2.15 bits per heavy atom. The molecular formula is C16H23NO3. The Kier molecular flexibility index (Phi) is 4.33. The lowest BCUT2D eigenvalue weighted by molar-refractivity contribution is -0.124. The molecule has 0 aliphatic carbocycles. The molecule has 1 aliphatic rings. The molecule has 0 bridgehead atoms. The molecular weight excluding hydrogens is 254 g/mol. The summed E-state index contributed by atoms with van der Waals surface area (Å²) < 4.78 is 10.8. The number of nitrogens with one attached hydrogen (secondary N) is 1. The van der Waals surface area contributed by atoms with E-state index in [-0.39, 0.29) is 17.4 Å². The quantitative estimate of drug-likeness (QED) is 0.923. The number of carbonyl (C=O) groups is 1. The van der Waals surface area contributed by atoms with Crippen molar-refractivity contribution in [1.29, 1.82) is 0 Å². The van der Waals surface area contributed by atoms with Gasteiger partial charge in [0.15, 0.2) is 0 Å². The Bertz CT molecular complexity index is 485. The van der Waals surface area contributed by atoms with Gasteiger partial charge >= 0.3 is 0 Å². The normalized spacial score (nSPS) is 18.9. The van der Waals surface area contributed by atoms with Gasteiger partial charge in [-0.1, -0.05) is 20.8 Å². The zero-order chi connectivity index (χ0) is 14.8. The maximum atomic E-state index is 12.1. The van der Waals surface area contributed by atoms with Crippen LogP contribution in [0.15, 0.2) is 18.2 Å². The van der Waals surface area contributed by atoms with Gasteiger partial charge < -0.3 is 14.8 Å². The van der Waals surface area contributed by atoms with Gasteiger partial charge in [0.05, 0.1) is 7.11 Å². The summed E-state index contributed by atoms with van der Waals surface area (Å²) in [6.45, 7) is 7.04.